The summed E-state index contributed by atoms with van der Waals surface area (Å²) in [5.41, 5.74) is 2.35. The third kappa shape index (κ3) is 1.21. The van der Waals surface area contributed by atoms with Gasteiger partial charge in [-0.05, 0) is 29.9 Å². The Morgan fingerprint density at radius 3 is 3.00 bits per heavy atom. The number of rotatable bonds is 0. The third-order valence-corrected chi connectivity index (χ3v) is 2.28. The fourth-order valence-electron chi connectivity index (χ4n) is 1.31. The Morgan fingerprint density at radius 1 is 1.33 bits per heavy atom. The van der Waals surface area contributed by atoms with Crippen molar-refractivity contribution in [2.45, 2.75) is 6.92 Å². The second-order valence-electron chi connectivity index (χ2n) is 2.91. The highest BCUT2D eigenvalue weighted by Gasteiger charge is 1.96. The first-order valence-corrected chi connectivity index (χ1v) is 4.46. The molecule has 12 heavy (non-hydrogen) atoms. The van der Waals surface area contributed by atoms with Gasteiger partial charge in [-0.15, -0.1) is 9.24 Å². The van der Waals surface area contributed by atoms with Gasteiger partial charge in [0.15, 0.2) is 0 Å². The predicted octanol–water partition coefficient (Wildman–Crippen LogP) is 2.04. The van der Waals surface area contributed by atoms with Gasteiger partial charge < -0.3 is 0 Å². The van der Waals surface area contributed by atoms with Crippen LogP contribution in [0.2, 0.25) is 0 Å². The molecule has 0 aliphatic heterocycles. The summed E-state index contributed by atoms with van der Waals surface area (Å²) in [7, 11) is 2.66. The van der Waals surface area contributed by atoms with Crippen LogP contribution < -0.4 is 5.30 Å². The van der Waals surface area contributed by atoms with Gasteiger partial charge in [0.05, 0.1) is 5.52 Å². The zero-order valence-electron chi connectivity index (χ0n) is 6.91. The summed E-state index contributed by atoms with van der Waals surface area (Å²) in [6.07, 6.45) is 1.87. The van der Waals surface area contributed by atoms with E-state index in [1.807, 2.05) is 18.3 Å². The van der Waals surface area contributed by atoms with Crippen LogP contribution in [0.25, 0.3) is 10.9 Å². The first-order valence-electron chi connectivity index (χ1n) is 3.88. The van der Waals surface area contributed by atoms with E-state index in [1.54, 1.807) is 0 Å². The molecule has 1 atom stereocenters. The van der Waals surface area contributed by atoms with Crippen molar-refractivity contribution in [2.24, 2.45) is 0 Å². The number of fused-ring (bicyclic) bond motifs is 1. The van der Waals surface area contributed by atoms with Crippen LogP contribution in [0.1, 0.15) is 5.56 Å². The van der Waals surface area contributed by atoms with Crippen LogP contribution in [0, 0.1) is 6.92 Å². The smallest absolute Gasteiger partial charge is 0.0705 e. The van der Waals surface area contributed by atoms with Gasteiger partial charge in [0.25, 0.3) is 0 Å². The zero-order chi connectivity index (χ0) is 8.55. The van der Waals surface area contributed by atoms with Crippen LogP contribution in [0.5, 0.6) is 0 Å². The maximum Gasteiger partial charge on any atom is 0.0705 e. The van der Waals surface area contributed by atoms with Crippen molar-refractivity contribution in [2.75, 3.05) is 0 Å². The minimum absolute atomic E-state index is 1.07. The topological polar surface area (TPSA) is 12.9 Å². The van der Waals surface area contributed by atoms with E-state index in [4.69, 9.17) is 0 Å². The first kappa shape index (κ1) is 7.70. The number of nitrogens with zero attached hydrogens (tertiary/aromatic N) is 1. The van der Waals surface area contributed by atoms with Gasteiger partial charge in [-0.25, -0.2) is 0 Å². The second-order valence-corrected chi connectivity index (χ2v) is 3.58. The van der Waals surface area contributed by atoms with E-state index >= 15 is 0 Å². The molecule has 0 radical (unpaired) electrons. The summed E-state index contributed by atoms with van der Waals surface area (Å²) in [5, 5.41) is 2.38. The van der Waals surface area contributed by atoms with Crippen molar-refractivity contribution in [1.82, 2.24) is 4.98 Å². The lowest BCUT2D eigenvalue weighted by Gasteiger charge is -2.00. The Balaban J connectivity index is 2.88. The highest BCUT2D eigenvalue weighted by Crippen LogP contribution is 2.14. The average Bonchev–Trinajstić information content (AvgIpc) is 2.07. The molecule has 2 rings (SSSR count). The van der Waals surface area contributed by atoms with Gasteiger partial charge in [0.1, 0.15) is 0 Å². The van der Waals surface area contributed by atoms with Gasteiger partial charge in [-0.2, -0.15) is 0 Å². The highest BCUT2D eigenvalue weighted by molar-refractivity contribution is 7.27. The number of hydrogen-bond donors (Lipinski definition) is 0. The third-order valence-electron chi connectivity index (χ3n) is 1.96. The summed E-state index contributed by atoms with van der Waals surface area (Å²) >= 11 is 0. The fraction of sp³-hybridized carbons (Fsp3) is 0.100. The Hall–Kier alpha value is -0.940. The molecule has 0 fully saturated rings. The molecule has 0 spiro atoms. The molecule has 0 bridgehead atoms. The fourth-order valence-corrected chi connectivity index (χ4v) is 1.55. The molecule has 2 heteroatoms. The maximum atomic E-state index is 4.32. The van der Waals surface area contributed by atoms with Gasteiger partial charge in [-0.3, -0.25) is 4.98 Å². The second kappa shape index (κ2) is 2.84. The summed E-state index contributed by atoms with van der Waals surface area (Å²) in [5.74, 6) is 0. The highest BCUT2D eigenvalue weighted by atomic mass is 31.0. The molecule has 1 aromatic heterocycles. The Morgan fingerprint density at radius 2 is 2.17 bits per heavy atom. The standard InChI is InChI=1S/C10H10NP/c1-7-3-2-4-10-9(7)5-8(12)6-11-10/h2-6H,12H2,1H3. The summed E-state index contributed by atoms with van der Waals surface area (Å²) in [6, 6.07) is 8.32. The molecule has 0 saturated carbocycles. The minimum Gasteiger partial charge on any atom is -0.256 e. The van der Waals surface area contributed by atoms with E-state index in [-0.39, 0.29) is 0 Å². The molecule has 0 aliphatic rings. The van der Waals surface area contributed by atoms with Crippen LogP contribution in [0.3, 0.4) is 0 Å². The van der Waals surface area contributed by atoms with Crippen molar-refractivity contribution in [1.29, 1.82) is 0 Å². The van der Waals surface area contributed by atoms with E-state index in [0.717, 1.165) is 10.8 Å². The lowest BCUT2D eigenvalue weighted by atomic mass is 10.1. The molecule has 1 nitrogen and oxygen atoms in total. The van der Waals surface area contributed by atoms with Crippen molar-refractivity contribution < 1.29 is 0 Å². The SMILES string of the molecule is Cc1cccc2ncc(P)cc12. The Labute approximate surface area is 74.0 Å². The molecule has 0 aliphatic carbocycles. The van der Waals surface area contributed by atoms with E-state index in [1.165, 1.54) is 10.9 Å². The summed E-state index contributed by atoms with van der Waals surface area (Å²) < 4.78 is 0. The maximum absolute atomic E-state index is 4.32. The van der Waals surface area contributed by atoms with Crippen LogP contribution in [-0.4, -0.2) is 4.98 Å². The van der Waals surface area contributed by atoms with Crippen molar-refractivity contribution >= 4 is 25.4 Å². The molecule has 2 aromatic rings. The molecular formula is C10H10NP. The van der Waals surface area contributed by atoms with Gasteiger partial charge in [0, 0.05) is 11.6 Å². The van der Waals surface area contributed by atoms with Crippen LogP contribution in [-0.2, 0) is 0 Å². The van der Waals surface area contributed by atoms with Crippen molar-refractivity contribution in [3.63, 3.8) is 0 Å². The average molecular weight is 175 g/mol. The molecule has 0 amide bonds. The first-order chi connectivity index (χ1) is 5.77. The van der Waals surface area contributed by atoms with E-state index < -0.39 is 0 Å². The van der Waals surface area contributed by atoms with Gasteiger partial charge in [0.2, 0.25) is 0 Å². The van der Waals surface area contributed by atoms with E-state index in [2.05, 4.69) is 33.3 Å². The largest absolute Gasteiger partial charge is 0.256 e. The van der Waals surface area contributed by atoms with E-state index in [9.17, 15) is 0 Å². The Kier molecular flexibility index (Phi) is 1.82. The predicted molar refractivity (Wildman–Crippen MR) is 55.8 cm³/mol. The molecule has 60 valence electrons. The van der Waals surface area contributed by atoms with Crippen molar-refractivity contribution in [3.8, 4) is 0 Å². The lowest BCUT2D eigenvalue weighted by Crippen LogP contribution is -1.92. The van der Waals surface area contributed by atoms with Crippen LogP contribution in [0.4, 0.5) is 0 Å². The van der Waals surface area contributed by atoms with Crippen molar-refractivity contribution in [3.05, 3.63) is 36.0 Å². The molecular weight excluding hydrogens is 165 g/mol. The minimum atomic E-state index is 1.07. The van der Waals surface area contributed by atoms with E-state index in [0.29, 0.717) is 0 Å². The molecule has 1 heterocycles. The lowest BCUT2D eigenvalue weighted by molar-refractivity contribution is 1.41. The Bertz CT molecular complexity index is 423. The number of benzene rings is 1. The van der Waals surface area contributed by atoms with Gasteiger partial charge >= 0.3 is 0 Å². The monoisotopic (exact) mass is 175 g/mol. The summed E-state index contributed by atoms with van der Waals surface area (Å²) in [6.45, 7) is 2.11. The van der Waals surface area contributed by atoms with Gasteiger partial charge in [-0.1, -0.05) is 12.1 Å². The number of pyridine rings is 1. The number of hydrogen-bond acceptors (Lipinski definition) is 1. The zero-order valence-corrected chi connectivity index (χ0v) is 8.07. The van der Waals surface area contributed by atoms with Crippen LogP contribution in [0.15, 0.2) is 30.5 Å². The molecule has 0 saturated heterocycles. The van der Waals surface area contributed by atoms with Crippen LogP contribution >= 0.6 is 9.24 Å². The molecule has 1 aromatic carbocycles. The molecule has 0 N–H and O–H groups in total. The quantitative estimate of drug-likeness (QED) is 0.558. The number of aryl methyl sites for hydroxylation is 1. The molecule has 1 unspecified atom stereocenters. The number of aromatic nitrogens is 1. The summed E-state index contributed by atoms with van der Waals surface area (Å²) in [4.78, 5) is 4.32. The normalized spacial score (nSPS) is 10.5.